The van der Waals surface area contributed by atoms with Crippen molar-refractivity contribution >= 4 is 0 Å². The summed E-state index contributed by atoms with van der Waals surface area (Å²) >= 11 is 0. The van der Waals surface area contributed by atoms with Gasteiger partial charge in [-0.3, -0.25) is 4.98 Å². The Morgan fingerprint density at radius 1 is 1.10 bits per heavy atom. The minimum atomic E-state index is 0.560. The highest BCUT2D eigenvalue weighted by Gasteiger charge is 2.16. The second-order valence-corrected chi connectivity index (χ2v) is 4.49. The van der Waals surface area contributed by atoms with Gasteiger partial charge in [0.05, 0.1) is 20.4 Å². The second kappa shape index (κ2) is 6.91. The zero-order chi connectivity index (χ0) is 14.4. The van der Waals surface area contributed by atoms with Gasteiger partial charge in [-0.1, -0.05) is 30.3 Å². The van der Waals surface area contributed by atoms with Crippen molar-refractivity contribution in [3.63, 3.8) is 0 Å². The predicted octanol–water partition coefficient (Wildman–Crippen LogP) is 2.19. The maximum absolute atomic E-state index is 5.67. The molecule has 1 aromatic carbocycles. The van der Waals surface area contributed by atoms with Crippen LogP contribution in [0.25, 0.3) is 0 Å². The van der Waals surface area contributed by atoms with E-state index in [9.17, 15) is 0 Å². The molecule has 0 amide bonds. The Morgan fingerprint density at radius 2 is 1.85 bits per heavy atom. The third-order valence-electron chi connectivity index (χ3n) is 3.21. The maximum atomic E-state index is 5.67. The average molecular weight is 272 g/mol. The Bertz CT molecular complexity index is 556. The Labute approximate surface area is 119 Å². The van der Waals surface area contributed by atoms with Crippen molar-refractivity contribution < 1.29 is 9.47 Å². The van der Waals surface area contributed by atoms with E-state index in [-0.39, 0.29) is 0 Å². The molecule has 1 heterocycles. The number of pyridine rings is 1. The number of hydrogen-bond donors (Lipinski definition) is 1. The molecule has 0 atom stereocenters. The molecule has 0 saturated heterocycles. The lowest BCUT2D eigenvalue weighted by atomic mass is 10.0. The van der Waals surface area contributed by atoms with Crippen LogP contribution in [0, 0.1) is 0 Å². The topological polar surface area (TPSA) is 57.4 Å². The van der Waals surface area contributed by atoms with Gasteiger partial charge in [-0.15, -0.1) is 0 Å². The molecule has 0 bridgehead atoms. The normalized spacial score (nSPS) is 10.3. The molecule has 4 nitrogen and oxygen atoms in total. The van der Waals surface area contributed by atoms with Crippen LogP contribution in [0.4, 0.5) is 0 Å². The summed E-state index contributed by atoms with van der Waals surface area (Å²) in [7, 11) is 3.27. The first-order chi connectivity index (χ1) is 9.80. The van der Waals surface area contributed by atoms with Crippen LogP contribution in [0.1, 0.15) is 16.8 Å². The molecule has 0 aliphatic heterocycles. The van der Waals surface area contributed by atoms with Gasteiger partial charge in [0.25, 0.3) is 0 Å². The molecule has 0 spiro atoms. The van der Waals surface area contributed by atoms with Crippen molar-refractivity contribution in [2.24, 2.45) is 5.73 Å². The van der Waals surface area contributed by atoms with E-state index in [4.69, 9.17) is 15.2 Å². The Balaban J connectivity index is 2.46. The second-order valence-electron chi connectivity index (χ2n) is 4.49. The summed E-state index contributed by atoms with van der Waals surface area (Å²) in [6.45, 7) is 0.560. The summed E-state index contributed by atoms with van der Waals surface area (Å²) in [5.74, 6) is 1.40. The van der Waals surface area contributed by atoms with Crippen molar-refractivity contribution in [3.8, 4) is 11.5 Å². The van der Waals surface area contributed by atoms with Crippen molar-refractivity contribution in [2.75, 3.05) is 20.8 Å². The van der Waals surface area contributed by atoms with Crippen LogP contribution in [0.5, 0.6) is 11.5 Å². The standard InChI is InChI=1S/C16H20N2O2/c1-19-15-11-18-14(8-9-17)13(16(15)20-2)10-12-6-4-3-5-7-12/h3-7,11H,8-10,17H2,1-2H3. The Morgan fingerprint density at radius 3 is 2.45 bits per heavy atom. The number of nitrogens with two attached hydrogens (primary N) is 1. The highest BCUT2D eigenvalue weighted by molar-refractivity contribution is 5.49. The first-order valence-electron chi connectivity index (χ1n) is 6.62. The van der Waals surface area contributed by atoms with E-state index < -0.39 is 0 Å². The number of aromatic nitrogens is 1. The van der Waals surface area contributed by atoms with Gasteiger partial charge in [0.15, 0.2) is 11.5 Å². The van der Waals surface area contributed by atoms with E-state index in [1.807, 2.05) is 18.2 Å². The summed E-state index contributed by atoms with van der Waals surface area (Å²) in [5.41, 5.74) is 8.89. The summed E-state index contributed by atoms with van der Waals surface area (Å²) in [4.78, 5) is 4.46. The van der Waals surface area contributed by atoms with Crippen LogP contribution in [-0.4, -0.2) is 25.7 Å². The van der Waals surface area contributed by atoms with E-state index in [1.54, 1.807) is 20.4 Å². The van der Waals surface area contributed by atoms with Gasteiger partial charge in [-0.05, 0) is 12.1 Å². The van der Waals surface area contributed by atoms with E-state index >= 15 is 0 Å². The fourth-order valence-electron chi connectivity index (χ4n) is 2.26. The monoisotopic (exact) mass is 272 g/mol. The zero-order valence-corrected chi connectivity index (χ0v) is 11.9. The van der Waals surface area contributed by atoms with Crippen LogP contribution in [0.3, 0.4) is 0 Å². The minimum Gasteiger partial charge on any atom is -0.492 e. The zero-order valence-electron chi connectivity index (χ0n) is 11.9. The van der Waals surface area contributed by atoms with E-state index in [2.05, 4.69) is 17.1 Å². The van der Waals surface area contributed by atoms with Gasteiger partial charge in [-0.2, -0.15) is 0 Å². The van der Waals surface area contributed by atoms with E-state index in [0.717, 1.165) is 29.8 Å². The Hall–Kier alpha value is -2.07. The molecule has 106 valence electrons. The van der Waals surface area contributed by atoms with E-state index in [0.29, 0.717) is 12.3 Å². The summed E-state index contributed by atoms with van der Waals surface area (Å²) in [6, 6.07) is 10.2. The predicted molar refractivity (Wildman–Crippen MR) is 79.3 cm³/mol. The van der Waals surface area contributed by atoms with Crippen LogP contribution >= 0.6 is 0 Å². The molecular weight excluding hydrogens is 252 g/mol. The molecule has 2 aromatic rings. The number of rotatable bonds is 6. The highest BCUT2D eigenvalue weighted by Crippen LogP contribution is 2.33. The third kappa shape index (κ3) is 3.08. The quantitative estimate of drug-likeness (QED) is 0.875. The molecule has 20 heavy (non-hydrogen) atoms. The molecule has 2 rings (SSSR count). The molecular formula is C16H20N2O2. The van der Waals surface area contributed by atoms with Crippen LogP contribution < -0.4 is 15.2 Å². The van der Waals surface area contributed by atoms with Crippen LogP contribution in [-0.2, 0) is 12.8 Å². The van der Waals surface area contributed by atoms with Crippen LogP contribution in [0.15, 0.2) is 36.5 Å². The van der Waals surface area contributed by atoms with Gasteiger partial charge in [0, 0.05) is 24.1 Å². The third-order valence-corrected chi connectivity index (χ3v) is 3.21. The van der Waals surface area contributed by atoms with Crippen molar-refractivity contribution in [3.05, 3.63) is 53.3 Å². The first-order valence-corrected chi connectivity index (χ1v) is 6.62. The molecule has 0 fully saturated rings. The minimum absolute atomic E-state index is 0.560. The number of ether oxygens (including phenoxy) is 2. The first kappa shape index (κ1) is 14.3. The van der Waals surface area contributed by atoms with Gasteiger partial charge >= 0.3 is 0 Å². The van der Waals surface area contributed by atoms with Gasteiger partial charge in [0.2, 0.25) is 0 Å². The number of benzene rings is 1. The van der Waals surface area contributed by atoms with Crippen molar-refractivity contribution in [1.82, 2.24) is 4.98 Å². The summed E-state index contributed by atoms with van der Waals surface area (Å²) < 4.78 is 10.8. The van der Waals surface area contributed by atoms with Gasteiger partial charge in [0.1, 0.15) is 0 Å². The van der Waals surface area contributed by atoms with Crippen molar-refractivity contribution in [1.29, 1.82) is 0 Å². The fraction of sp³-hybridized carbons (Fsp3) is 0.312. The Kier molecular flexibility index (Phi) is 4.96. The largest absolute Gasteiger partial charge is 0.492 e. The van der Waals surface area contributed by atoms with Gasteiger partial charge < -0.3 is 15.2 Å². The number of methoxy groups -OCH3 is 2. The molecule has 0 aliphatic carbocycles. The summed E-state index contributed by atoms with van der Waals surface area (Å²) in [6.07, 6.45) is 3.17. The molecule has 0 radical (unpaired) electrons. The van der Waals surface area contributed by atoms with Gasteiger partial charge in [-0.25, -0.2) is 0 Å². The SMILES string of the molecule is COc1cnc(CCN)c(Cc2ccccc2)c1OC. The fourth-order valence-corrected chi connectivity index (χ4v) is 2.26. The summed E-state index contributed by atoms with van der Waals surface area (Å²) in [5, 5.41) is 0. The molecule has 1 aromatic heterocycles. The maximum Gasteiger partial charge on any atom is 0.179 e. The molecule has 0 saturated carbocycles. The molecule has 4 heteroatoms. The number of hydrogen-bond acceptors (Lipinski definition) is 4. The lowest BCUT2D eigenvalue weighted by Gasteiger charge is -2.16. The number of nitrogens with zero attached hydrogens (tertiary/aromatic N) is 1. The highest BCUT2D eigenvalue weighted by atomic mass is 16.5. The molecule has 0 aliphatic rings. The average Bonchev–Trinajstić information content (AvgIpc) is 2.49. The molecule has 0 unspecified atom stereocenters. The smallest absolute Gasteiger partial charge is 0.179 e. The lowest BCUT2D eigenvalue weighted by Crippen LogP contribution is -2.10. The van der Waals surface area contributed by atoms with Crippen molar-refractivity contribution in [2.45, 2.75) is 12.8 Å². The van der Waals surface area contributed by atoms with Crippen LogP contribution in [0.2, 0.25) is 0 Å². The molecule has 2 N–H and O–H groups in total. The van der Waals surface area contributed by atoms with E-state index in [1.165, 1.54) is 5.56 Å². The lowest BCUT2D eigenvalue weighted by molar-refractivity contribution is 0.349.